The summed E-state index contributed by atoms with van der Waals surface area (Å²) < 4.78 is 11.6. The molecule has 0 spiro atoms. The molecule has 1 aromatic carbocycles. The minimum Gasteiger partial charge on any atom is -0.443 e. The molecule has 2 N–H and O–H groups in total. The van der Waals surface area contributed by atoms with Crippen molar-refractivity contribution in [2.75, 3.05) is 6.54 Å². The number of oxazole rings is 1. The molecular weight excluding hydrogens is 526 g/mol. The molecule has 2 atom stereocenters. The number of rotatable bonds is 8. The Hall–Kier alpha value is -4.22. The van der Waals surface area contributed by atoms with E-state index in [1.165, 1.54) is 12.5 Å². The van der Waals surface area contributed by atoms with Crippen LogP contribution in [0, 0.1) is 0 Å². The van der Waals surface area contributed by atoms with Crippen molar-refractivity contribution in [2.24, 2.45) is 5.73 Å². The number of thiazole rings is 1. The first-order chi connectivity index (χ1) is 19.4. The number of benzene rings is 1. The molecule has 1 aliphatic rings. The summed E-state index contributed by atoms with van der Waals surface area (Å²) in [7, 11) is 0. The second-order valence-electron chi connectivity index (χ2n) is 10.1. The molecule has 4 aromatic heterocycles. The van der Waals surface area contributed by atoms with Gasteiger partial charge in [-0.15, -0.1) is 21.5 Å². The fourth-order valence-corrected chi connectivity index (χ4v) is 5.99. The number of nitrogens with zero attached hydrogens (tertiary/aromatic N) is 6. The van der Waals surface area contributed by atoms with Gasteiger partial charge in [-0.2, -0.15) is 0 Å². The Kier molecular flexibility index (Phi) is 6.99. The molecule has 204 valence electrons. The first-order valence-corrected chi connectivity index (χ1v) is 14.1. The standard InChI is InChI=1S/C29H29N7O3S/c1-3-20-17-40-26(32-20)23-10-7-12-36(23)27(37)19-14-21(24-31-11-13-38-24)33-22(15-19)25-34-35-28(39-25)29(2,30)16-18-8-5-4-6-9-18/h4-6,8-9,11,13-15,17,23H,3,7,10,12,16,30H2,1-2H3/t23-,29+/m1/s1. The highest BCUT2D eigenvalue weighted by molar-refractivity contribution is 7.09. The van der Waals surface area contributed by atoms with E-state index in [1.807, 2.05) is 42.2 Å². The minimum absolute atomic E-state index is 0.0643. The van der Waals surface area contributed by atoms with E-state index in [0.29, 0.717) is 29.9 Å². The van der Waals surface area contributed by atoms with Gasteiger partial charge in [0.05, 0.1) is 23.5 Å². The van der Waals surface area contributed by atoms with Crippen molar-refractivity contribution < 1.29 is 13.6 Å². The lowest BCUT2D eigenvalue weighted by atomic mass is 9.94. The molecule has 0 saturated carbocycles. The predicted octanol–water partition coefficient (Wildman–Crippen LogP) is 5.20. The van der Waals surface area contributed by atoms with Crippen LogP contribution in [0.25, 0.3) is 23.2 Å². The molecule has 10 nitrogen and oxygen atoms in total. The smallest absolute Gasteiger partial charge is 0.266 e. The van der Waals surface area contributed by atoms with Crippen LogP contribution in [0.2, 0.25) is 0 Å². The number of aromatic nitrogens is 5. The maximum absolute atomic E-state index is 13.9. The van der Waals surface area contributed by atoms with E-state index in [2.05, 4.69) is 32.5 Å². The number of nitrogens with two attached hydrogens (primary N) is 1. The summed E-state index contributed by atoms with van der Waals surface area (Å²) in [6, 6.07) is 13.2. The van der Waals surface area contributed by atoms with Gasteiger partial charge in [-0.1, -0.05) is 37.3 Å². The molecular formula is C29H29N7O3S. The van der Waals surface area contributed by atoms with Crippen LogP contribution < -0.4 is 5.73 Å². The van der Waals surface area contributed by atoms with Crippen LogP contribution in [0.3, 0.4) is 0 Å². The number of hydrogen-bond donors (Lipinski definition) is 1. The largest absolute Gasteiger partial charge is 0.443 e. The highest BCUT2D eigenvalue weighted by Gasteiger charge is 2.34. The minimum atomic E-state index is -0.904. The SMILES string of the molecule is CCc1csc([C@H]2CCCN2C(=O)c2cc(-c3ncco3)nc(-c3nnc([C@@](C)(N)Cc4ccccc4)o3)c2)n1. The highest BCUT2D eigenvalue weighted by Crippen LogP contribution is 2.36. The average Bonchev–Trinajstić information content (AvgIpc) is 3.79. The lowest BCUT2D eigenvalue weighted by Gasteiger charge is -2.23. The maximum atomic E-state index is 13.9. The molecule has 5 aromatic rings. The van der Waals surface area contributed by atoms with E-state index < -0.39 is 5.54 Å². The van der Waals surface area contributed by atoms with Gasteiger partial charge in [-0.05, 0) is 50.3 Å². The van der Waals surface area contributed by atoms with Gasteiger partial charge in [-0.25, -0.2) is 15.0 Å². The zero-order valence-corrected chi connectivity index (χ0v) is 23.1. The normalized spacial score (nSPS) is 16.8. The Labute approximate surface area is 235 Å². The van der Waals surface area contributed by atoms with E-state index >= 15 is 0 Å². The Morgan fingerprint density at radius 1 is 1.15 bits per heavy atom. The zero-order valence-electron chi connectivity index (χ0n) is 22.3. The molecule has 0 bridgehead atoms. The predicted molar refractivity (Wildman–Crippen MR) is 149 cm³/mol. The summed E-state index contributed by atoms with van der Waals surface area (Å²) in [5.41, 5.74) is 8.96. The van der Waals surface area contributed by atoms with E-state index in [4.69, 9.17) is 19.6 Å². The number of likely N-dealkylation sites (tertiary alicyclic amines) is 1. The van der Waals surface area contributed by atoms with Crippen molar-refractivity contribution in [3.63, 3.8) is 0 Å². The molecule has 1 fully saturated rings. The van der Waals surface area contributed by atoms with Crippen molar-refractivity contribution in [1.29, 1.82) is 0 Å². The number of carbonyl (C=O) groups excluding carboxylic acids is 1. The number of aryl methyl sites for hydroxylation is 1. The van der Waals surface area contributed by atoms with E-state index in [9.17, 15) is 4.79 Å². The summed E-state index contributed by atoms with van der Waals surface area (Å²) in [5.74, 6) is 0.596. The van der Waals surface area contributed by atoms with Gasteiger partial charge in [0.25, 0.3) is 11.8 Å². The number of amides is 1. The average molecular weight is 556 g/mol. The fraction of sp³-hybridized carbons (Fsp3) is 0.310. The molecule has 6 rings (SSSR count). The first kappa shape index (κ1) is 26.0. The monoisotopic (exact) mass is 555 g/mol. The van der Waals surface area contributed by atoms with E-state index in [0.717, 1.165) is 35.5 Å². The fourth-order valence-electron chi connectivity index (χ4n) is 4.95. The van der Waals surface area contributed by atoms with Crippen molar-refractivity contribution >= 4 is 17.2 Å². The Morgan fingerprint density at radius 2 is 1.95 bits per heavy atom. The van der Waals surface area contributed by atoms with E-state index in [1.54, 1.807) is 23.5 Å². The third-order valence-corrected chi connectivity index (χ3v) is 8.00. The summed E-state index contributed by atoms with van der Waals surface area (Å²) in [4.78, 5) is 29.4. The zero-order chi connectivity index (χ0) is 27.7. The lowest BCUT2D eigenvalue weighted by Crippen LogP contribution is -2.35. The van der Waals surface area contributed by atoms with Crippen LogP contribution >= 0.6 is 11.3 Å². The second-order valence-corrected chi connectivity index (χ2v) is 11.0. The molecule has 5 heterocycles. The van der Waals surface area contributed by atoms with Gasteiger partial charge in [-0.3, -0.25) is 4.79 Å². The quantitative estimate of drug-likeness (QED) is 0.274. The molecule has 1 aliphatic heterocycles. The number of pyridine rings is 1. The summed E-state index contributed by atoms with van der Waals surface area (Å²) in [5, 5.41) is 11.5. The summed E-state index contributed by atoms with van der Waals surface area (Å²) in [6.07, 6.45) is 6.15. The van der Waals surface area contributed by atoms with Crippen molar-refractivity contribution in [1.82, 2.24) is 30.0 Å². The third-order valence-electron chi connectivity index (χ3n) is 7.00. The molecule has 0 aliphatic carbocycles. The summed E-state index contributed by atoms with van der Waals surface area (Å²) in [6.45, 7) is 4.57. The number of carbonyl (C=O) groups is 1. The topological polar surface area (TPSA) is 137 Å². The van der Waals surface area contributed by atoms with Gasteiger partial charge < -0.3 is 19.5 Å². The molecule has 1 amide bonds. The van der Waals surface area contributed by atoms with Crippen LogP contribution in [-0.4, -0.2) is 42.5 Å². The van der Waals surface area contributed by atoms with Gasteiger partial charge in [0.1, 0.15) is 22.7 Å². The maximum Gasteiger partial charge on any atom is 0.266 e. The third kappa shape index (κ3) is 5.17. The van der Waals surface area contributed by atoms with Gasteiger partial charge in [0, 0.05) is 17.5 Å². The van der Waals surface area contributed by atoms with Crippen LogP contribution in [0.5, 0.6) is 0 Å². The van der Waals surface area contributed by atoms with Gasteiger partial charge in [0.15, 0.2) is 0 Å². The van der Waals surface area contributed by atoms with Crippen LogP contribution in [0.15, 0.2) is 69.1 Å². The second kappa shape index (κ2) is 10.7. The van der Waals surface area contributed by atoms with Crippen molar-refractivity contribution in [3.05, 3.63) is 88.0 Å². The Morgan fingerprint density at radius 3 is 2.67 bits per heavy atom. The first-order valence-electron chi connectivity index (χ1n) is 13.3. The summed E-state index contributed by atoms with van der Waals surface area (Å²) >= 11 is 1.61. The van der Waals surface area contributed by atoms with Crippen molar-refractivity contribution in [2.45, 2.75) is 51.1 Å². The van der Waals surface area contributed by atoms with Crippen molar-refractivity contribution in [3.8, 4) is 23.2 Å². The Bertz CT molecular complexity index is 1610. The highest BCUT2D eigenvalue weighted by atomic mass is 32.1. The molecule has 0 radical (unpaired) electrons. The van der Waals surface area contributed by atoms with Crippen LogP contribution in [0.4, 0.5) is 0 Å². The molecule has 40 heavy (non-hydrogen) atoms. The lowest BCUT2D eigenvalue weighted by molar-refractivity contribution is 0.0735. The molecule has 0 unspecified atom stereocenters. The van der Waals surface area contributed by atoms with E-state index in [-0.39, 0.29) is 29.6 Å². The van der Waals surface area contributed by atoms with Gasteiger partial charge in [0.2, 0.25) is 11.8 Å². The molecule has 11 heteroatoms. The van der Waals surface area contributed by atoms with Crippen LogP contribution in [0.1, 0.15) is 65.2 Å². The number of hydrogen-bond acceptors (Lipinski definition) is 10. The van der Waals surface area contributed by atoms with Gasteiger partial charge >= 0.3 is 0 Å². The Balaban J connectivity index is 1.34. The van der Waals surface area contributed by atoms with Crippen LogP contribution in [-0.2, 0) is 18.4 Å². The molecule has 1 saturated heterocycles.